The minimum absolute atomic E-state index is 0.130. The Morgan fingerprint density at radius 1 is 1.43 bits per heavy atom. The number of nitrogens with zero attached hydrogens (tertiary/aromatic N) is 1. The van der Waals surface area contributed by atoms with Crippen molar-refractivity contribution >= 4 is 6.03 Å². The molecule has 0 saturated heterocycles. The maximum absolute atomic E-state index is 12.0. The summed E-state index contributed by atoms with van der Waals surface area (Å²) >= 11 is 0. The standard InChI is InChI=1S/C15H25N3O3/c1-4-12(13-10(2)18-21-11(13)3)17-14(19)16-9-15(20)7-5-6-8-15/h12,20H,4-9H2,1-3H3,(H2,16,17,19). The van der Waals surface area contributed by atoms with Crippen LogP contribution >= 0.6 is 0 Å². The first-order valence-electron chi connectivity index (χ1n) is 7.64. The summed E-state index contributed by atoms with van der Waals surface area (Å²) in [5, 5.41) is 19.9. The lowest BCUT2D eigenvalue weighted by Crippen LogP contribution is -2.45. The highest BCUT2D eigenvalue weighted by Gasteiger charge is 2.31. The molecule has 2 amide bonds. The number of hydrogen-bond acceptors (Lipinski definition) is 4. The topological polar surface area (TPSA) is 87.4 Å². The maximum Gasteiger partial charge on any atom is 0.315 e. The van der Waals surface area contributed by atoms with Gasteiger partial charge in [-0.15, -0.1) is 0 Å². The Kier molecular flexibility index (Phi) is 4.88. The summed E-state index contributed by atoms with van der Waals surface area (Å²) in [6, 6.07) is -0.392. The fraction of sp³-hybridized carbons (Fsp3) is 0.733. The molecular weight excluding hydrogens is 270 g/mol. The zero-order valence-corrected chi connectivity index (χ0v) is 13.0. The fourth-order valence-corrected chi connectivity index (χ4v) is 3.03. The number of carbonyl (C=O) groups excluding carboxylic acids is 1. The van der Waals surface area contributed by atoms with E-state index in [0.29, 0.717) is 6.54 Å². The second-order valence-corrected chi connectivity index (χ2v) is 5.96. The van der Waals surface area contributed by atoms with Crippen molar-refractivity contribution in [3.63, 3.8) is 0 Å². The van der Waals surface area contributed by atoms with Gasteiger partial charge in [0.1, 0.15) is 5.76 Å². The molecule has 1 aliphatic rings. The van der Waals surface area contributed by atoms with Crippen molar-refractivity contribution in [2.45, 2.75) is 64.5 Å². The first-order chi connectivity index (χ1) is 9.95. The second-order valence-electron chi connectivity index (χ2n) is 5.96. The van der Waals surface area contributed by atoms with Crippen LogP contribution in [0.2, 0.25) is 0 Å². The summed E-state index contributed by atoms with van der Waals surface area (Å²) in [6.07, 6.45) is 4.32. The summed E-state index contributed by atoms with van der Waals surface area (Å²) in [6.45, 7) is 6.02. The van der Waals surface area contributed by atoms with Crippen molar-refractivity contribution in [3.8, 4) is 0 Å². The van der Waals surface area contributed by atoms with E-state index in [-0.39, 0.29) is 12.1 Å². The third kappa shape index (κ3) is 3.75. The van der Waals surface area contributed by atoms with E-state index < -0.39 is 5.60 Å². The van der Waals surface area contributed by atoms with Gasteiger partial charge < -0.3 is 20.3 Å². The number of amides is 2. The molecule has 1 saturated carbocycles. The third-order valence-corrected chi connectivity index (χ3v) is 4.26. The molecule has 1 fully saturated rings. The van der Waals surface area contributed by atoms with Gasteiger partial charge in [0.05, 0.1) is 17.3 Å². The van der Waals surface area contributed by atoms with Gasteiger partial charge in [0, 0.05) is 12.1 Å². The van der Waals surface area contributed by atoms with Crippen molar-refractivity contribution in [1.82, 2.24) is 15.8 Å². The van der Waals surface area contributed by atoms with Crippen LogP contribution in [0.4, 0.5) is 4.79 Å². The van der Waals surface area contributed by atoms with Gasteiger partial charge in [0.25, 0.3) is 0 Å². The van der Waals surface area contributed by atoms with E-state index in [2.05, 4.69) is 15.8 Å². The van der Waals surface area contributed by atoms with Crippen molar-refractivity contribution in [2.24, 2.45) is 0 Å². The minimum atomic E-state index is -0.734. The van der Waals surface area contributed by atoms with E-state index in [1.54, 1.807) is 0 Å². The zero-order chi connectivity index (χ0) is 15.5. The average Bonchev–Trinajstić information content (AvgIpc) is 3.02. The van der Waals surface area contributed by atoms with E-state index in [4.69, 9.17) is 4.52 Å². The molecule has 1 unspecified atom stereocenters. The van der Waals surface area contributed by atoms with Gasteiger partial charge in [0.15, 0.2) is 0 Å². The molecular formula is C15H25N3O3. The van der Waals surface area contributed by atoms with Crippen LogP contribution in [-0.2, 0) is 0 Å². The summed E-state index contributed by atoms with van der Waals surface area (Å²) in [5.41, 5.74) is 1.00. The highest BCUT2D eigenvalue weighted by molar-refractivity contribution is 5.74. The van der Waals surface area contributed by atoms with E-state index >= 15 is 0 Å². The lowest BCUT2D eigenvalue weighted by atomic mass is 10.0. The Morgan fingerprint density at radius 3 is 2.62 bits per heavy atom. The average molecular weight is 295 g/mol. The van der Waals surface area contributed by atoms with Gasteiger partial charge in [-0.25, -0.2) is 4.79 Å². The lowest BCUT2D eigenvalue weighted by Gasteiger charge is -2.24. The molecule has 21 heavy (non-hydrogen) atoms. The predicted molar refractivity (Wildman–Crippen MR) is 79.0 cm³/mol. The molecule has 6 nitrogen and oxygen atoms in total. The monoisotopic (exact) mass is 295 g/mol. The largest absolute Gasteiger partial charge is 0.388 e. The minimum Gasteiger partial charge on any atom is -0.388 e. The molecule has 1 heterocycles. The Morgan fingerprint density at radius 2 is 2.10 bits per heavy atom. The molecule has 3 N–H and O–H groups in total. The molecule has 118 valence electrons. The highest BCUT2D eigenvalue weighted by Crippen LogP contribution is 2.28. The second kappa shape index (κ2) is 6.47. The third-order valence-electron chi connectivity index (χ3n) is 4.26. The number of carbonyl (C=O) groups is 1. The number of nitrogens with one attached hydrogen (secondary N) is 2. The Bertz CT molecular complexity index is 473. The summed E-state index contributed by atoms with van der Waals surface area (Å²) in [7, 11) is 0. The van der Waals surface area contributed by atoms with Crippen LogP contribution in [0.5, 0.6) is 0 Å². The molecule has 1 aromatic heterocycles. The van der Waals surface area contributed by atoms with Crippen molar-refractivity contribution in [1.29, 1.82) is 0 Å². The van der Waals surface area contributed by atoms with E-state index in [9.17, 15) is 9.90 Å². The van der Waals surface area contributed by atoms with Crippen molar-refractivity contribution < 1.29 is 14.4 Å². The van der Waals surface area contributed by atoms with Crippen LogP contribution in [0.1, 0.15) is 62.1 Å². The van der Waals surface area contributed by atoms with Gasteiger partial charge in [-0.05, 0) is 33.1 Å². The molecule has 1 atom stereocenters. The summed E-state index contributed by atoms with van der Waals surface area (Å²) in [5.74, 6) is 0.731. The van der Waals surface area contributed by atoms with Crippen molar-refractivity contribution in [3.05, 3.63) is 17.0 Å². The molecule has 1 aromatic rings. The number of aromatic nitrogens is 1. The fourth-order valence-electron chi connectivity index (χ4n) is 3.03. The van der Waals surface area contributed by atoms with Crippen LogP contribution in [0.25, 0.3) is 0 Å². The maximum atomic E-state index is 12.0. The predicted octanol–water partition coefficient (Wildman–Crippen LogP) is 2.35. The Hall–Kier alpha value is -1.56. The first-order valence-corrected chi connectivity index (χ1v) is 7.64. The van der Waals surface area contributed by atoms with Gasteiger partial charge in [0.2, 0.25) is 0 Å². The molecule has 0 aliphatic heterocycles. The molecule has 0 aromatic carbocycles. The van der Waals surface area contributed by atoms with Crippen LogP contribution in [0.3, 0.4) is 0 Å². The number of rotatable bonds is 5. The Balaban J connectivity index is 1.91. The van der Waals surface area contributed by atoms with E-state index in [0.717, 1.165) is 49.1 Å². The number of aliphatic hydroxyl groups is 1. The SMILES string of the molecule is CCC(NC(=O)NCC1(O)CCCC1)c1c(C)noc1C. The highest BCUT2D eigenvalue weighted by atomic mass is 16.5. The number of aryl methyl sites for hydroxylation is 2. The van der Waals surface area contributed by atoms with Gasteiger partial charge in [-0.1, -0.05) is 24.9 Å². The normalized spacial score (nSPS) is 18.5. The molecule has 0 spiro atoms. The van der Waals surface area contributed by atoms with Crippen LogP contribution in [0.15, 0.2) is 4.52 Å². The summed E-state index contributed by atoms with van der Waals surface area (Å²) < 4.78 is 5.16. The smallest absolute Gasteiger partial charge is 0.315 e. The van der Waals surface area contributed by atoms with Crippen LogP contribution < -0.4 is 10.6 Å². The molecule has 0 radical (unpaired) electrons. The van der Waals surface area contributed by atoms with Gasteiger partial charge in [-0.2, -0.15) is 0 Å². The van der Waals surface area contributed by atoms with Gasteiger partial charge in [-0.3, -0.25) is 0 Å². The Labute approximate surface area is 125 Å². The molecule has 1 aliphatic carbocycles. The molecule has 6 heteroatoms. The van der Waals surface area contributed by atoms with Crippen molar-refractivity contribution in [2.75, 3.05) is 6.54 Å². The molecule has 2 rings (SSSR count). The first kappa shape index (κ1) is 15.8. The lowest BCUT2D eigenvalue weighted by molar-refractivity contribution is 0.0500. The number of hydrogen-bond donors (Lipinski definition) is 3. The van der Waals surface area contributed by atoms with Crippen LogP contribution in [0, 0.1) is 13.8 Å². The number of urea groups is 1. The zero-order valence-electron chi connectivity index (χ0n) is 13.0. The van der Waals surface area contributed by atoms with Crippen LogP contribution in [-0.4, -0.2) is 28.4 Å². The van der Waals surface area contributed by atoms with Gasteiger partial charge >= 0.3 is 6.03 Å². The van der Waals surface area contributed by atoms with E-state index in [1.165, 1.54) is 0 Å². The summed E-state index contributed by atoms with van der Waals surface area (Å²) in [4.78, 5) is 12.0. The van der Waals surface area contributed by atoms with E-state index in [1.807, 2.05) is 20.8 Å². The quantitative estimate of drug-likeness (QED) is 0.778. The molecule has 0 bridgehead atoms.